The third-order valence-corrected chi connectivity index (χ3v) is 2.30. The molecule has 0 radical (unpaired) electrons. The van der Waals surface area contributed by atoms with Crippen LogP contribution in [0.1, 0.15) is 11.5 Å². The van der Waals surface area contributed by atoms with Crippen molar-refractivity contribution < 1.29 is 14.2 Å². The van der Waals surface area contributed by atoms with Gasteiger partial charge in [0.25, 0.3) is 0 Å². The minimum atomic E-state index is -0.319. The third-order valence-electron chi connectivity index (χ3n) is 2.30. The average molecular weight is 213 g/mol. The Balaban J connectivity index is 3.02. The molecule has 0 aliphatic carbocycles. The van der Waals surface area contributed by atoms with E-state index in [9.17, 15) is 9.50 Å². The van der Waals surface area contributed by atoms with Crippen molar-refractivity contribution in [3.05, 3.63) is 29.6 Å². The molecular weight excluding hydrogens is 197 g/mol. The molecule has 0 saturated heterocycles. The zero-order valence-electron chi connectivity index (χ0n) is 8.96. The number of halogens is 1. The van der Waals surface area contributed by atoms with E-state index in [1.165, 1.54) is 19.2 Å². The predicted molar refractivity (Wildman–Crippen MR) is 56.7 cm³/mol. The smallest absolute Gasteiger partial charge is 0.123 e. The number of aliphatic hydroxyl groups excluding tert-OH is 1. The summed E-state index contributed by atoms with van der Waals surface area (Å²) in [5, 5.41) is 12.2. The van der Waals surface area contributed by atoms with Crippen molar-refractivity contribution in [2.45, 2.75) is 5.92 Å². The van der Waals surface area contributed by atoms with Crippen LogP contribution in [0, 0.1) is 5.82 Å². The summed E-state index contributed by atoms with van der Waals surface area (Å²) in [5.74, 6) is 0.131. The van der Waals surface area contributed by atoms with Crippen LogP contribution in [0.15, 0.2) is 18.2 Å². The number of likely N-dealkylation sites (N-methyl/N-ethyl adjacent to an activating group) is 1. The summed E-state index contributed by atoms with van der Waals surface area (Å²) >= 11 is 0. The highest BCUT2D eigenvalue weighted by Crippen LogP contribution is 2.26. The first-order chi connectivity index (χ1) is 7.22. The quantitative estimate of drug-likeness (QED) is 0.770. The summed E-state index contributed by atoms with van der Waals surface area (Å²) in [6.07, 6.45) is 0. The molecule has 1 rings (SSSR count). The molecule has 0 bridgehead atoms. The van der Waals surface area contributed by atoms with Gasteiger partial charge in [0.1, 0.15) is 11.6 Å². The van der Waals surface area contributed by atoms with Crippen molar-refractivity contribution >= 4 is 0 Å². The predicted octanol–water partition coefficient (Wildman–Crippen LogP) is 1.13. The van der Waals surface area contributed by atoms with Crippen LogP contribution in [0.4, 0.5) is 4.39 Å². The molecular formula is C11H16FNO2. The van der Waals surface area contributed by atoms with E-state index in [-0.39, 0.29) is 18.3 Å². The summed E-state index contributed by atoms with van der Waals surface area (Å²) in [7, 11) is 3.32. The number of methoxy groups -OCH3 is 1. The van der Waals surface area contributed by atoms with E-state index in [1.807, 2.05) is 0 Å². The Morgan fingerprint density at radius 2 is 2.27 bits per heavy atom. The molecule has 0 saturated carbocycles. The standard InChI is InChI=1S/C11H16FNO2/c1-13-6-8(7-14)10-5-9(12)3-4-11(10)15-2/h3-5,8,13-14H,6-7H2,1-2H3. The summed E-state index contributed by atoms with van der Waals surface area (Å²) in [6, 6.07) is 4.32. The molecule has 15 heavy (non-hydrogen) atoms. The lowest BCUT2D eigenvalue weighted by Gasteiger charge is -2.17. The Hall–Kier alpha value is -1.13. The maximum absolute atomic E-state index is 13.1. The Kier molecular flexibility index (Phi) is 4.52. The minimum absolute atomic E-state index is 0.0410. The fourth-order valence-electron chi connectivity index (χ4n) is 1.54. The van der Waals surface area contributed by atoms with Gasteiger partial charge in [-0.25, -0.2) is 4.39 Å². The molecule has 0 aliphatic heterocycles. The number of hydrogen-bond acceptors (Lipinski definition) is 3. The van der Waals surface area contributed by atoms with Gasteiger partial charge in [0.05, 0.1) is 13.7 Å². The molecule has 3 nitrogen and oxygen atoms in total. The van der Waals surface area contributed by atoms with Crippen LogP contribution in [0.3, 0.4) is 0 Å². The van der Waals surface area contributed by atoms with Crippen LogP contribution in [0.2, 0.25) is 0 Å². The maximum Gasteiger partial charge on any atom is 0.123 e. The molecule has 1 aromatic rings. The van der Waals surface area contributed by atoms with Gasteiger partial charge >= 0.3 is 0 Å². The maximum atomic E-state index is 13.1. The molecule has 0 amide bonds. The van der Waals surface area contributed by atoms with Crippen molar-refractivity contribution in [1.29, 1.82) is 0 Å². The van der Waals surface area contributed by atoms with Gasteiger partial charge in [-0.3, -0.25) is 0 Å². The van der Waals surface area contributed by atoms with E-state index in [4.69, 9.17) is 4.74 Å². The van der Waals surface area contributed by atoms with Gasteiger partial charge in [-0.05, 0) is 25.2 Å². The first-order valence-corrected chi connectivity index (χ1v) is 4.81. The molecule has 1 unspecified atom stereocenters. The van der Waals surface area contributed by atoms with E-state index < -0.39 is 0 Å². The van der Waals surface area contributed by atoms with Gasteiger partial charge in [0.15, 0.2) is 0 Å². The van der Waals surface area contributed by atoms with E-state index in [2.05, 4.69) is 5.32 Å². The largest absolute Gasteiger partial charge is 0.496 e. The lowest BCUT2D eigenvalue weighted by atomic mass is 9.99. The summed E-state index contributed by atoms with van der Waals surface area (Å²) in [4.78, 5) is 0. The highest BCUT2D eigenvalue weighted by molar-refractivity contribution is 5.37. The SMILES string of the molecule is CNCC(CO)c1cc(F)ccc1OC. The molecule has 0 aromatic heterocycles. The molecule has 0 fully saturated rings. The molecule has 2 N–H and O–H groups in total. The Bertz CT molecular complexity index is 317. The fourth-order valence-corrected chi connectivity index (χ4v) is 1.54. The Morgan fingerprint density at radius 3 is 2.80 bits per heavy atom. The summed E-state index contributed by atoms with van der Waals surface area (Å²) in [6.45, 7) is 0.539. The van der Waals surface area contributed by atoms with Crippen LogP contribution >= 0.6 is 0 Å². The summed E-state index contributed by atoms with van der Waals surface area (Å²) in [5.41, 5.74) is 0.689. The number of rotatable bonds is 5. The van der Waals surface area contributed by atoms with Crippen LogP contribution in [-0.4, -0.2) is 32.4 Å². The number of hydrogen-bond donors (Lipinski definition) is 2. The fraction of sp³-hybridized carbons (Fsp3) is 0.455. The zero-order chi connectivity index (χ0) is 11.3. The monoisotopic (exact) mass is 213 g/mol. The highest BCUT2D eigenvalue weighted by Gasteiger charge is 2.15. The average Bonchev–Trinajstić information content (AvgIpc) is 2.26. The van der Waals surface area contributed by atoms with Gasteiger partial charge in [-0.1, -0.05) is 0 Å². The van der Waals surface area contributed by atoms with Gasteiger partial charge in [-0.15, -0.1) is 0 Å². The van der Waals surface area contributed by atoms with Crippen LogP contribution in [0.25, 0.3) is 0 Å². The number of nitrogens with one attached hydrogen (secondary N) is 1. The van der Waals surface area contributed by atoms with E-state index in [1.54, 1.807) is 13.1 Å². The topological polar surface area (TPSA) is 41.5 Å². The van der Waals surface area contributed by atoms with Gasteiger partial charge in [-0.2, -0.15) is 0 Å². The second-order valence-electron chi connectivity index (χ2n) is 3.32. The molecule has 84 valence electrons. The van der Waals surface area contributed by atoms with Gasteiger partial charge in [0.2, 0.25) is 0 Å². The Morgan fingerprint density at radius 1 is 1.53 bits per heavy atom. The normalized spacial score (nSPS) is 12.5. The zero-order valence-corrected chi connectivity index (χ0v) is 8.96. The van der Waals surface area contributed by atoms with Gasteiger partial charge in [0, 0.05) is 18.0 Å². The second-order valence-corrected chi connectivity index (χ2v) is 3.32. The van der Waals surface area contributed by atoms with Crippen molar-refractivity contribution in [1.82, 2.24) is 5.32 Å². The van der Waals surface area contributed by atoms with Crippen molar-refractivity contribution in [3.8, 4) is 5.75 Å². The van der Waals surface area contributed by atoms with Crippen LogP contribution in [0.5, 0.6) is 5.75 Å². The molecule has 4 heteroatoms. The Labute approximate surface area is 88.9 Å². The number of aliphatic hydroxyl groups is 1. The lowest BCUT2D eigenvalue weighted by Crippen LogP contribution is -2.20. The third kappa shape index (κ3) is 2.91. The first kappa shape index (κ1) is 11.9. The highest BCUT2D eigenvalue weighted by atomic mass is 19.1. The van der Waals surface area contributed by atoms with Crippen LogP contribution in [-0.2, 0) is 0 Å². The number of benzene rings is 1. The number of ether oxygens (including phenoxy) is 1. The molecule has 1 aromatic carbocycles. The molecule has 1 atom stereocenters. The summed E-state index contributed by atoms with van der Waals surface area (Å²) < 4.78 is 18.2. The van der Waals surface area contributed by atoms with Crippen molar-refractivity contribution in [2.24, 2.45) is 0 Å². The first-order valence-electron chi connectivity index (χ1n) is 4.81. The lowest BCUT2D eigenvalue weighted by molar-refractivity contribution is 0.259. The van der Waals surface area contributed by atoms with Crippen LogP contribution < -0.4 is 10.1 Å². The molecule has 0 aliphatic rings. The van der Waals surface area contributed by atoms with E-state index in [0.29, 0.717) is 17.9 Å². The molecule has 0 spiro atoms. The van der Waals surface area contributed by atoms with E-state index in [0.717, 1.165) is 0 Å². The van der Waals surface area contributed by atoms with E-state index >= 15 is 0 Å². The minimum Gasteiger partial charge on any atom is -0.496 e. The van der Waals surface area contributed by atoms with Crippen molar-refractivity contribution in [3.63, 3.8) is 0 Å². The second kappa shape index (κ2) is 5.68. The van der Waals surface area contributed by atoms with Gasteiger partial charge < -0.3 is 15.2 Å². The van der Waals surface area contributed by atoms with Crippen molar-refractivity contribution in [2.75, 3.05) is 27.3 Å². The molecule has 0 heterocycles.